The summed E-state index contributed by atoms with van der Waals surface area (Å²) in [5.74, 6) is -1.34. The van der Waals surface area contributed by atoms with E-state index in [4.69, 9.17) is 23.2 Å². The molecule has 17 heavy (non-hydrogen) atoms. The highest BCUT2D eigenvalue weighted by Gasteiger charge is 2.11. The molecule has 0 saturated carbocycles. The van der Waals surface area contributed by atoms with Crippen LogP contribution in [0.5, 0.6) is 0 Å². The first kappa shape index (κ1) is 12.2. The SMILES string of the molecule is Cc1c(Cl)nc(-c2cc(F)cc(F)c2)nc1Cl. The number of benzene rings is 1. The Hall–Kier alpha value is -1.26. The molecule has 2 nitrogen and oxygen atoms in total. The normalized spacial score (nSPS) is 10.6. The van der Waals surface area contributed by atoms with Crippen molar-refractivity contribution in [3.8, 4) is 11.4 Å². The smallest absolute Gasteiger partial charge is 0.162 e. The molecule has 0 radical (unpaired) electrons. The maximum atomic E-state index is 13.0. The van der Waals surface area contributed by atoms with E-state index in [1.807, 2.05) is 0 Å². The van der Waals surface area contributed by atoms with Gasteiger partial charge in [-0.15, -0.1) is 0 Å². The van der Waals surface area contributed by atoms with Gasteiger partial charge in [-0.05, 0) is 19.1 Å². The van der Waals surface area contributed by atoms with Crippen LogP contribution in [0.1, 0.15) is 5.56 Å². The molecule has 88 valence electrons. The highest BCUT2D eigenvalue weighted by atomic mass is 35.5. The number of halogens is 4. The Balaban J connectivity index is 2.60. The van der Waals surface area contributed by atoms with Gasteiger partial charge in [0.15, 0.2) is 5.82 Å². The molecule has 0 aliphatic carbocycles. The lowest BCUT2D eigenvalue weighted by Crippen LogP contribution is -1.95. The molecule has 0 bridgehead atoms. The van der Waals surface area contributed by atoms with Gasteiger partial charge in [-0.1, -0.05) is 23.2 Å². The Labute approximate surface area is 106 Å². The number of nitrogens with zero attached hydrogens (tertiary/aromatic N) is 2. The molecule has 0 spiro atoms. The minimum atomic E-state index is -0.712. The number of hydrogen-bond donors (Lipinski definition) is 0. The van der Waals surface area contributed by atoms with E-state index in [0.717, 1.165) is 18.2 Å². The summed E-state index contributed by atoms with van der Waals surface area (Å²) in [5, 5.41) is 0.314. The lowest BCUT2D eigenvalue weighted by Gasteiger charge is -2.05. The highest BCUT2D eigenvalue weighted by molar-refractivity contribution is 6.34. The molecule has 0 atom stereocenters. The monoisotopic (exact) mass is 274 g/mol. The average Bonchev–Trinajstić information content (AvgIpc) is 2.23. The zero-order valence-electron chi connectivity index (χ0n) is 8.64. The minimum absolute atomic E-state index is 0.0870. The first-order valence-corrected chi connectivity index (χ1v) is 5.39. The third-order valence-corrected chi connectivity index (χ3v) is 2.88. The maximum Gasteiger partial charge on any atom is 0.162 e. The van der Waals surface area contributed by atoms with Gasteiger partial charge >= 0.3 is 0 Å². The van der Waals surface area contributed by atoms with Crippen molar-refractivity contribution >= 4 is 23.2 Å². The van der Waals surface area contributed by atoms with E-state index < -0.39 is 11.6 Å². The fraction of sp³-hybridized carbons (Fsp3) is 0.0909. The van der Waals surface area contributed by atoms with Gasteiger partial charge in [-0.3, -0.25) is 0 Å². The number of aromatic nitrogens is 2. The van der Waals surface area contributed by atoms with Gasteiger partial charge in [0, 0.05) is 17.2 Å². The van der Waals surface area contributed by atoms with Crippen molar-refractivity contribution in [3.05, 3.63) is 45.7 Å². The second-order valence-electron chi connectivity index (χ2n) is 3.41. The molecule has 1 heterocycles. The van der Waals surface area contributed by atoms with Crippen LogP contribution in [0.25, 0.3) is 11.4 Å². The topological polar surface area (TPSA) is 25.8 Å². The molecular formula is C11H6Cl2F2N2. The van der Waals surface area contributed by atoms with E-state index in [1.54, 1.807) is 6.92 Å². The Kier molecular flexibility index (Phi) is 3.26. The first-order valence-electron chi connectivity index (χ1n) is 4.63. The van der Waals surface area contributed by atoms with E-state index in [9.17, 15) is 8.78 Å². The van der Waals surface area contributed by atoms with Crippen LogP contribution in [-0.2, 0) is 0 Å². The molecule has 0 N–H and O–H groups in total. The first-order chi connectivity index (χ1) is 7.97. The Morgan fingerprint density at radius 2 is 1.41 bits per heavy atom. The van der Waals surface area contributed by atoms with Gasteiger partial charge in [-0.2, -0.15) is 0 Å². The molecular weight excluding hydrogens is 269 g/mol. The lowest BCUT2D eigenvalue weighted by atomic mass is 10.2. The van der Waals surface area contributed by atoms with E-state index in [2.05, 4.69) is 9.97 Å². The summed E-state index contributed by atoms with van der Waals surface area (Å²) in [4.78, 5) is 7.85. The van der Waals surface area contributed by atoms with Crippen molar-refractivity contribution in [1.29, 1.82) is 0 Å². The quantitative estimate of drug-likeness (QED) is 0.734. The molecule has 0 saturated heterocycles. The van der Waals surface area contributed by atoms with E-state index in [0.29, 0.717) is 5.56 Å². The van der Waals surface area contributed by atoms with Crippen LogP contribution in [-0.4, -0.2) is 9.97 Å². The van der Waals surface area contributed by atoms with Gasteiger partial charge < -0.3 is 0 Å². The van der Waals surface area contributed by atoms with Crippen LogP contribution in [0.3, 0.4) is 0 Å². The molecule has 0 unspecified atom stereocenters. The van der Waals surface area contributed by atoms with Crippen molar-refractivity contribution in [1.82, 2.24) is 9.97 Å². The molecule has 1 aromatic carbocycles. The van der Waals surface area contributed by atoms with Crippen LogP contribution in [0.2, 0.25) is 10.3 Å². The maximum absolute atomic E-state index is 13.0. The van der Waals surface area contributed by atoms with Gasteiger partial charge in [0.1, 0.15) is 21.9 Å². The second kappa shape index (κ2) is 4.55. The Bertz CT molecular complexity index is 544. The van der Waals surface area contributed by atoms with Gasteiger partial charge in [0.2, 0.25) is 0 Å². The largest absolute Gasteiger partial charge is 0.216 e. The zero-order chi connectivity index (χ0) is 12.6. The Morgan fingerprint density at radius 1 is 0.941 bits per heavy atom. The van der Waals surface area contributed by atoms with Gasteiger partial charge in [0.05, 0.1) is 0 Å². The number of hydrogen-bond acceptors (Lipinski definition) is 2. The van der Waals surface area contributed by atoms with Crippen molar-refractivity contribution in [2.45, 2.75) is 6.92 Å². The minimum Gasteiger partial charge on any atom is -0.216 e. The van der Waals surface area contributed by atoms with Crippen LogP contribution >= 0.6 is 23.2 Å². The van der Waals surface area contributed by atoms with Crippen LogP contribution in [0.4, 0.5) is 8.78 Å². The van der Waals surface area contributed by atoms with Crippen molar-refractivity contribution < 1.29 is 8.78 Å². The third-order valence-electron chi connectivity index (χ3n) is 2.15. The molecule has 0 aliphatic rings. The van der Waals surface area contributed by atoms with Gasteiger partial charge in [-0.25, -0.2) is 18.7 Å². The van der Waals surface area contributed by atoms with Crippen molar-refractivity contribution in [2.75, 3.05) is 0 Å². The summed E-state index contributed by atoms with van der Waals surface area (Å²) in [6.45, 7) is 1.65. The molecule has 6 heteroatoms. The average molecular weight is 275 g/mol. The summed E-state index contributed by atoms with van der Waals surface area (Å²) in [5.41, 5.74) is 0.709. The predicted molar refractivity (Wildman–Crippen MR) is 62.1 cm³/mol. The van der Waals surface area contributed by atoms with Crippen molar-refractivity contribution in [3.63, 3.8) is 0 Å². The molecule has 2 rings (SSSR count). The third kappa shape index (κ3) is 2.53. The highest BCUT2D eigenvalue weighted by Crippen LogP contribution is 2.25. The van der Waals surface area contributed by atoms with E-state index >= 15 is 0 Å². The van der Waals surface area contributed by atoms with Crippen LogP contribution < -0.4 is 0 Å². The summed E-state index contributed by atoms with van der Waals surface area (Å²) in [7, 11) is 0. The Morgan fingerprint density at radius 3 is 1.88 bits per heavy atom. The zero-order valence-corrected chi connectivity index (χ0v) is 10.2. The second-order valence-corrected chi connectivity index (χ2v) is 4.13. The van der Waals surface area contributed by atoms with E-state index in [-0.39, 0.29) is 21.7 Å². The lowest BCUT2D eigenvalue weighted by molar-refractivity contribution is 0.584. The standard InChI is InChI=1S/C11H6Cl2F2N2/c1-5-9(12)16-11(17-10(5)13)6-2-7(14)4-8(15)3-6/h2-4H,1H3. The fourth-order valence-corrected chi connectivity index (χ4v) is 1.66. The molecule has 0 aliphatic heterocycles. The number of rotatable bonds is 1. The summed E-state index contributed by atoms with van der Waals surface area (Å²) in [6.07, 6.45) is 0. The summed E-state index contributed by atoms with van der Waals surface area (Å²) in [6, 6.07) is 2.99. The molecule has 0 amide bonds. The fourth-order valence-electron chi connectivity index (χ4n) is 1.28. The van der Waals surface area contributed by atoms with Gasteiger partial charge in [0.25, 0.3) is 0 Å². The molecule has 2 aromatic rings. The summed E-state index contributed by atoms with van der Waals surface area (Å²) >= 11 is 11.7. The van der Waals surface area contributed by atoms with E-state index in [1.165, 1.54) is 0 Å². The molecule has 0 fully saturated rings. The van der Waals surface area contributed by atoms with Crippen molar-refractivity contribution in [2.24, 2.45) is 0 Å². The summed E-state index contributed by atoms with van der Waals surface area (Å²) < 4.78 is 26.1. The van der Waals surface area contributed by atoms with Crippen LogP contribution in [0.15, 0.2) is 18.2 Å². The van der Waals surface area contributed by atoms with Crippen LogP contribution in [0, 0.1) is 18.6 Å². The molecule has 1 aromatic heterocycles. The predicted octanol–water partition coefficient (Wildman–Crippen LogP) is 4.04.